The van der Waals surface area contributed by atoms with Crippen LogP contribution in [0.4, 0.5) is 33.5 Å². The van der Waals surface area contributed by atoms with Gasteiger partial charge in [-0.15, -0.1) is 0 Å². The Labute approximate surface area is 266 Å². The number of nitrogen functional groups attached to an aromatic ring is 1. The van der Waals surface area contributed by atoms with E-state index in [0.717, 1.165) is 38.3 Å². The van der Waals surface area contributed by atoms with Gasteiger partial charge in [-0.05, 0) is 57.7 Å². The highest BCUT2D eigenvalue weighted by molar-refractivity contribution is 6.34. The van der Waals surface area contributed by atoms with Gasteiger partial charge in [0.2, 0.25) is 5.88 Å². The molecular weight excluding hydrogens is 633 g/mol. The average molecular weight is 666 g/mol. The first-order valence-corrected chi connectivity index (χ1v) is 16.0. The fraction of sp³-hybridized carbons (Fsp3) is 0.581. The molecule has 7 heterocycles. The van der Waals surface area contributed by atoms with Gasteiger partial charge in [0.1, 0.15) is 41.3 Å². The van der Waals surface area contributed by atoms with Crippen molar-refractivity contribution in [1.82, 2.24) is 25.2 Å². The Morgan fingerprint density at radius 2 is 2.02 bits per heavy atom. The number of pyridine rings is 1. The molecule has 5 aliphatic rings. The highest BCUT2D eigenvalue weighted by Crippen LogP contribution is 2.48. The molecule has 15 heteroatoms. The molecule has 3 N–H and O–H groups in total. The summed E-state index contributed by atoms with van der Waals surface area (Å²) < 4.78 is 87.4. The molecule has 3 aromatic rings. The summed E-state index contributed by atoms with van der Waals surface area (Å²) in [5, 5.41) is 3.50. The summed E-state index contributed by atoms with van der Waals surface area (Å²) in [5.74, 6) is -0.835. The van der Waals surface area contributed by atoms with Crippen LogP contribution in [0.15, 0.2) is 6.07 Å². The smallest absolute Gasteiger partial charge is 0.417 e. The Kier molecular flexibility index (Phi) is 6.80. The van der Waals surface area contributed by atoms with E-state index in [1.54, 1.807) is 0 Å². The molecule has 0 unspecified atom stereocenters. The average Bonchev–Trinajstić information content (AvgIpc) is 3.63. The van der Waals surface area contributed by atoms with Gasteiger partial charge in [-0.25, -0.2) is 13.8 Å². The van der Waals surface area contributed by atoms with Gasteiger partial charge in [0.25, 0.3) is 0 Å². The first kappa shape index (κ1) is 30.1. The van der Waals surface area contributed by atoms with Crippen LogP contribution in [0.5, 0.6) is 11.9 Å². The third kappa shape index (κ3) is 4.50. The summed E-state index contributed by atoms with van der Waals surface area (Å²) in [6, 6.07) is 0.825. The zero-order chi connectivity index (χ0) is 32.3. The molecule has 0 amide bonds. The summed E-state index contributed by atoms with van der Waals surface area (Å²) in [6.45, 7) is 4.77. The molecule has 1 aromatic carbocycles. The molecule has 0 aliphatic carbocycles. The molecule has 4 saturated heterocycles. The van der Waals surface area contributed by atoms with Crippen LogP contribution in [0.1, 0.15) is 50.2 Å². The van der Waals surface area contributed by atoms with Crippen molar-refractivity contribution < 1.29 is 31.4 Å². The lowest BCUT2D eigenvalue weighted by Crippen LogP contribution is -2.62. The van der Waals surface area contributed by atoms with Crippen LogP contribution in [0.25, 0.3) is 22.2 Å². The third-order valence-corrected chi connectivity index (χ3v) is 11.0. The Hall–Kier alpha value is -3.23. The van der Waals surface area contributed by atoms with E-state index < -0.39 is 46.6 Å². The van der Waals surface area contributed by atoms with E-state index in [9.17, 15) is 17.6 Å². The van der Waals surface area contributed by atoms with Crippen LogP contribution in [-0.4, -0.2) is 82.0 Å². The molecule has 0 spiro atoms. The number of nitrogens with zero attached hydrogens (tertiary/aromatic N) is 5. The maximum Gasteiger partial charge on any atom is 0.417 e. The lowest BCUT2D eigenvalue weighted by atomic mass is 9.95. The van der Waals surface area contributed by atoms with Crippen LogP contribution in [0.3, 0.4) is 0 Å². The van der Waals surface area contributed by atoms with Crippen molar-refractivity contribution in [2.45, 2.75) is 88.1 Å². The van der Waals surface area contributed by atoms with Crippen molar-refractivity contribution >= 4 is 34.0 Å². The van der Waals surface area contributed by atoms with Gasteiger partial charge in [-0.1, -0.05) is 11.6 Å². The zero-order valence-corrected chi connectivity index (χ0v) is 26.0. The van der Waals surface area contributed by atoms with E-state index in [4.69, 9.17) is 31.8 Å². The minimum absolute atomic E-state index is 0.0446. The molecule has 2 bridgehead atoms. The fourth-order valence-corrected chi connectivity index (χ4v) is 8.70. The number of nitrogens with two attached hydrogens (primary N) is 1. The van der Waals surface area contributed by atoms with Gasteiger partial charge >= 0.3 is 12.2 Å². The fourth-order valence-electron chi connectivity index (χ4n) is 8.55. The molecule has 6 atom stereocenters. The van der Waals surface area contributed by atoms with E-state index in [0.29, 0.717) is 25.3 Å². The Balaban J connectivity index is 1.33. The number of hydrogen-bond acceptors (Lipinski definition) is 9. The number of alkyl halides is 4. The predicted molar refractivity (Wildman–Crippen MR) is 162 cm³/mol. The first-order valence-electron chi connectivity index (χ1n) is 15.6. The maximum atomic E-state index is 16.8. The second-order valence-electron chi connectivity index (χ2n) is 13.3. The molecule has 0 saturated carbocycles. The van der Waals surface area contributed by atoms with E-state index in [1.807, 2.05) is 6.92 Å². The van der Waals surface area contributed by atoms with E-state index >= 15 is 4.39 Å². The van der Waals surface area contributed by atoms with Gasteiger partial charge < -0.3 is 25.4 Å². The molecule has 2 aromatic heterocycles. The minimum atomic E-state index is -4.90. The van der Waals surface area contributed by atoms with Crippen molar-refractivity contribution in [2.75, 3.05) is 36.9 Å². The number of anilines is 2. The molecule has 5 aliphatic heterocycles. The summed E-state index contributed by atoms with van der Waals surface area (Å²) in [5.41, 5.74) is 2.34. The van der Waals surface area contributed by atoms with Gasteiger partial charge in [0.15, 0.2) is 5.82 Å². The number of hydrogen-bond donors (Lipinski definition) is 2. The molecule has 4 fully saturated rings. The lowest BCUT2D eigenvalue weighted by molar-refractivity contribution is -0.137. The van der Waals surface area contributed by atoms with Crippen LogP contribution >= 0.6 is 11.6 Å². The summed E-state index contributed by atoms with van der Waals surface area (Å²) >= 11 is 6.13. The van der Waals surface area contributed by atoms with Crippen LogP contribution < -0.4 is 25.4 Å². The van der Waals surface area contributed by atoms with Gasteiger partial charge in [-0.2, -0.15) is 23.1 Å². The van der Waals surface area contributed by atoms with Crippen LogP contribution in [0.2, 0.25) is 5.02 Å². The zero-order valence-electron chi connectivity index (χ0n) is 25.2. The third-order valence-electron chi connectivity index (χ3n) is 10.5. The molecule has 246 valence electrons. The Morgan fingerprint density at radius 1 is 1.22 bits per heavy atom. The topological polar surface area (TPSA) is 102 Å². The molecule has 8 rings (SSSR count). The number of fused-ring (bicyclic) bond motifs is 6. The highest BCUT2D eigenvalue weighted by atomic mass is 35.5. The van der Waals surface area contributed by atoms with Crippen LogP contribution in [-0.2, 0) is 6.18 Å². The van der Waals surface area contributed by atoms with Gasteiger partial charge in [0, 0.05) is 37.2 Å². The summed E-state index contributed by atoms with van der Waals surface area (Å²) in [4.78, 5) is 17.8. The molecule has 46 heavy (non-hydrogen) atoms. The second kappa shape index (κ2) is 10.4. The summed E-state index contributed by atoms with van der Waals surface area (Å²) in [6.07, 6.45) is -2.58. The minimum Gasteiger partial charge on any atom is -0.472 e. The normalized spacial score (nSPS) is 30.3. The Bertz CT molecular complexity index is 1760. The van der Waals surface area contributed by atoms with Crippen molar-refractivity contribution in [2.24, 2.45) is 0 Å². The van der Waals surface area contributed by atoms with Crippen LogP contribution in [0, 0.1) is 12.7 Å². The highest BCUT2D eigenvalue weighted by Gasteiger charge is 2.50. The number of piperazine rings is 1. The molecule has 0 radical (unpaired) electrons. The number of aromatic nitrogens is 3. The van der Waals surface area contributed by atoms with Gasteiger partial charge in [-0.3, -0.25) is 4.90 Å². The quantitative estimate of drug-likeness (QED) is 0.279. The Morgan fingerprint density at radius 3 is 2.80 bits per heavy atom. The molecular formula is C31H33ClF5N7O2. The number of halogens is 6. The van der Waals surface area contributed by atoms with Crippen molar-refractivity contribution in [3.8, 4) is 23.1 Å². The summed E-state index contributed by atoms with van der Waals surface area (Å²) in [7, 11) is 0. The lowest BCUT2D eigenvalue weighted by Gasteiger charge is -2.42. The SMILES string of the molecule is Cc1c(Cl)c(N)cc(-c2nc3c4c(nc(OC[C@@]56CCCN5C[C@H](F)C6)nc4c2F)N2C[C@H]4CC[C@H](N4)[C@H]2[C@H](C)O3)c1C(F)(F)F. The second-order valence-corrected chi connectivity index (χ2v) is 13.7. The van der Waals surface area contributed by atoms with Crippen molar-refractivity contribution in [1.29, 1.82) is 0 Å². The first-order chi connectivity index (χ1) is 21.8. The van der Waals surface area contributed by atoms with Crippen molar-refractivity contribution in [3.63, 3.8) is 0 Å². The largest absolute Gasteiger partial charge is 0.472 e. The standard InChI is InChI=1S/C31H33ClF5N7O2/c1-13-21(31(35,36)37)17(8-18(38)22(13)32)24-23(34)25-20-27(42-29(41-25)45-12-30-6-3-7-43(30)10-15(33)9-30)44-11-16-4-5-19(39-16)26(44)14(2)46-28(20)40-24/h8,14-16,19,26,39H,3-7,9-12,38H2,1-2H3/t14-,15+,16+,19-,26+,30-/m0/s1. The van der Waals surface area contributed by atoms with E-state index in [1.165, 1.54) is 6.92 Å². The predicted octanol–water partition coefficient (Wildman–Crippen LogP) is 5.44. The number of benzene rings is 1. The van der Waals surface area contributed by atoms with E-state index in [2.05, 4.69) is 25.1 Å². The number of nitrogens with one attached hydrogen (secondary N) is 1. The maximum absolute atomic E-state index is 16.8. The number of ether oxygens (including phenoxy) is 2. The molecule has 9 nitrogen and oxygen atoms in total. The van der Waals surface area contributed by atoms with E-state index in [-0.39, 0.29) is 63.8 Å². The van der Waals surface area contributed by atoms with Crippen molar-refractivity contribution in [3.05, 3.63) is 28.0 Å². The monoisotopic (exact) mass is 665 g/mol. The van der Waals surface area contributed by atoms with Gasteiger partial charge in [0.05, 0.1) is 27.9 Å². The number of rotatable bonds is 4.